The highest BCUT2D eigenvalue weighted by Gasteiger charge is 2.14. The lowest BCUT2D eigenvalue weighted by Gasteiger charge is -2.31. The Balaban J connectivity index is 1.68. The first-order valence-electron chi connectivity index (χ1n) is 6.49. The van der Waals surface area contributed by atoms with Crippen molar-refractivity contribution in [3.63, 3.8) is 0 Å². The second kappa shape index (κ2) is 6.63. The average Bonchev–Trinajstić information content (AvgIpc) is 2.41. The number of rotatable bonds is 2. The number of hydrogen-bond acceptors (Lipinski definition) is 3. The van der Waals surface area contributed by atoms with Gasteiger partial charge in [-0.15, -0.1) is 0 Å². The molecule has 0 aromatic carbocycles. The van der Waals surface area contributed by atoms with Crippen LogP contribution in [-0.2, 0) is 4.79 Å². The lowest BCUT2D eigenvalue weighted by molar-refractivity contribution is -0.119. The van der Waals surface area contributed by atoms with Crippen LogP contribution < -0.4 is 5.32 Å². The molecule has 0 radical (unpaired) electrons. The minimum atomic E-state index is 0.590. The molecule has 0 saturated carbocycles. The van der Waals surface area contributed by atoms with Gasteiger partial charge in [0.15, 0.2) is 0 Å². The Hall–Kier alpha value is -1.05. The van der Waals surface area contributed by atoms with Gasteiger partial charge < -0.3 is 10.2 Å². The monoisotopic (exact) mass is 235 g/mol. The molecule has 2 aliphatic rings. The molecule has 2 heterocycles. The van der Waals surface area contributed by atoms with Crippen molar-refractivity contribution in [1.29, 1.82) is 0 Å². The lowest BCUT2D eigenvalue weighted by Crippen LogP contribution is -2.45. The van der Waals surface area contributed by atoms with E-state index in [1.807, 2.05) is 4.90 Å². The summed E-state index contributed by atoms with van der Waals surface area (Å²) in [7, 11) is 0. The van der Waals surface area contributed by atoms with Gasteiger partial charge in [0.1, 0.15) is 0 Å². The molecule has 2 aliphatic heterocycles. The topological polar surface area (TPSA) is 35.6 Å². The zero-order valence-electron chi connectivity index (χ0n) is 10.3. The van der Waals surface area contributed by atoms with Gasteiger partial charge in [-0.2, -0.15) is 0 Å². The Labute approximate surface area is 103 Å². The second-order valence-electron chi connectivity index (χ2n) is 4.76. The van der Waals surface area contributed by atoms with Crippen molar-refractivity contribution in [2.24, 2.45) is 5.92 Å². The van der Waals surface area contributed by atoms with Gasteiger partial charge >= 0.3 is 0 Å². The Bertz CT molecular complexity index is 294. The van der Waals surface area contributed by atoms with E-state index in [9.17, 15) is 4.79 Å². The number of hydrogen-bond donors (Lipinski definition) is 1. The number of nitrogens with one attached hydrogen (secondary N) is 1. The Kier molecular flexibility index (Phi) is 4.84. The summed E-state index contributed by atoms with van der Waals surface area (Å²) in [6, 6.07) is 0. The van der Waals surface area contributed by atoms with E-state index in [4.69, 9.17) is 0 Å². The number of amides is 1. The molecule has 1 N–H and O–H groups in total. The summed E-state index contributed by atoms with van der Waals surface area (Å²) in [5, 5.41) is 3.35. The van der Waals surface area contributed by atoms with Crippen molar-refractivity contribution in [1.82, 2.24) is 15.1 Å². The van der Waals surface area contributed by atoms with Gasteiger partial charge in [0, 0.05) is 32.1 Å². The molecular formula is C13H21N3O. The molecule has 4 heteroatoms. The van der Waals surface area contributed by atoms with Gasteiger partial charge in [-0.25, -0.2) is 0 Å². The summed E-state index contributed by atoms with van der Waals surface area (Å²) >= 11 is 0. The Morgan fingerprint density at radius 2 is 1.88 bits per heavy atom. The van der Waals surface area contributed by atoms with E-state index in [-0.39, 0.29) is 0 Å². The van der Waals surface area contributed by atoms with E-state index in [0.717, 1.165) is 52.2 Å². The van der Waals surface area contributed by atoms with Crippen molar-refractivity contribution in [3.05, 3.63) is 0 Å². The predicted molar refractivity (Wildman–Crippen MR) is 67.4 cm³/mol. The third kappa shape index (κ3) is 4.03. The van der Waals surface area contributed by atoms with Crippen LogP contribution in [0.3, 0.4) is 0 Å². The van der Waals surface area contributed by atoms with Gasteiger partial charge in [0.25, 0.3) is 0 Å². The summed E-state index contributed by atoms with van der Waals surface area (Å²) in [5.41, 5.74) is 0. The van der Waals surface area contributed by atoms with Crippen LogP contribution in [0.2, 0.25) is 0 Å². The van der Waals surface area contributed by atoms with Gasteiger partial charge in [0.2, 0.25) is 6.41 Å². The van der Waals surface area contributed by atoms with Gasteiger partial charge in [0.05, 0.1) is 6.54 Å². The van der Waals surface area contributed by atoms with Gasteiger partial charge in [-0.1, -0.05) is 11.8 Å². The molecule has 1 amide bonds. The molecule has 94 valence electrons. The van der Waals surface area contributed by atoms with Crippen molar-refractivity contribution in [3.8, 4) is 11.8 Å². The first-order valence-corrected chi connectivity index (χ1v) is 6.49. The van der Waals surface area contributed by atoms with E-state index < -0.39 is 0 Å². The largest absolute Gasteiger partial charge is 0.343 e. The van der Waals surface area contributed by atoms with Crippen LogP contribution in [0.25, 0.3) is 0 Å². The highest BCUT2D eigenvalue weighted by atomic mass is 16.1. The lowest BCUT2D eigenvalue weighted by atomic mass is 9.99. The summed E-state index contributed by atoms with van der Waals surface area (Å²) in [6.07, 6.45) is 3.32. The zero-order valence-corrected chi connectivity index (χ0v) is 10.3. The molecule has 0 atom stereocenters. The Morgan fingerprint density at radius 1 is 1.18 bits per heavy atom. The zero-order chi connectivity index (χ0) is 11.9. The molecular weight excluding hydrogens is 214 g/mol. The second-order valence-corrected chi connectivity index (χ2v) is 4.76. The maximum absolute atomic E-state index is 10.6. The fourth-order valence-electron chi connectivity index (χ4n) is 2.29. The molecule has 2 saturated heterocycles. The average molecular weight is 235 g/mol. The van der Waals surface area contributed by atoms with Crippen LogP contribution in [0.1, 0.15) is 12.8 Å². The molecule has 0 aromatic heterocycles. The van der Waals surface area contributed by atoms with Crippen LogP contribution in [-0.4, -0.2) is 62.0 Å². The molecule has 17 heavy (non-hydrogen) atoms. The highest BCUT2D eigenvalue weighted by Crippen LogP contribution is 2.09. The van der Waals surface area contributed by atoms with Gasteiger partial charge in [-0.05, 0) is 25.9 Å². The maximum atomic E-state index is 10.6. The number of piperazine rings is 1. The highest BCUT2D eigenvalue weighted by molar-refractivity contribution is 5.47. The molecule has 0 spiro atoms. The van der Waals surface area contributed by atoms with E-state index in [1.165, 1.54) is 12.8 Å². The molecule has 0 aliphatic carbocycles. The first kappa shape index (κ1) is 12.4. The molecule has 0 unspecified atom stereocenters. The quantitative estimate of drug-likeness (QED) is 0.530. The molecule has 2 rings (SSSR count). The van der Waals surface area contributed by atoms with E-state index in [2.05, 4.69) is 22.1 Å². The fourth-order valence-corrected chi connectivity index (χ4v) is 2.29. The number of piperidine rings is 1. The van der Waals surface area contributed by atoms with Crippen LogP contribution in [0, 0.1) is 17.8 Å². The summed E-state index contributed by atoms with van der Waals surface area (Å²) in [6.45, 7) is 6.68. The van der Waals surface area contributed by atoms with Crippen molar-refractivity contribution < 1.29 is 4.79 Å². The summed E-state index contributed by atoms with van der Waals surface area (Å²) < 4.78 is 0. The van der Waals surface area contributed by atoms with Crippen molar-refractivity contribution >= 4 is 6.41 Å². The molecule has 2 fully saturated rings. The molecule has 0 aromatic rings. The standard InChI is InChI=1S/C13H21N3O/c17-12-16-10-8-15(9-11-16)7-1-2-13-3-5-14-6-4-13/h12-14H,3-11H2. The van der Waals surface area contributed by atoms with Crippen molar-refractivity contribution in [2.75, 3.05) is 45.8 Å². The normalized spacial score (nSPS) is 22.9. The van der Waals surface area contributed by atoms with E-state index >= 15 is 0 Å². The van der Waals surface area contributed by atoms with Crippen molar-refractivity contribution in [2.45, 2.75) is 12.8 Å². The molecule has 0 bridgehead atoms. The maximum Gasteiger partial charge on any atom is 0.209 e. The third-order valence-electron chi connectivity index (χ3n) is 3.50. The Morgan fingerprint density at radius 3 is 2.53 bits per heavy atom. The van der Waals surface area contributed by atoms with Gasteiger partial charge in [-0.3, -0.25) is 9.69 Å². The van der Waals surface area contributed by atoms with Crippen LogP contribution in [0.15, 0.2) is 0 Å². The van der Waals surface area contributed by atoms with Crippen LogP contribution in [0.5, 0.6) is 0 Å². The van der Waals surface area contributed by atoms with E-state index in [1.54, 1.807) is 0 Å². The van der Waals surface area contributed by atoms with E-state index in [0.29, 0.717) is 5.92 Å². The number of carbonyl (C=O) groups is 1. The third-order valence-corrected chi connectivity index (χ3v) is 3.50. The minimum Gasteiger partial charge on any atom is -0.343 e. The first-order chi connectivity index (χ1) is 8.38. The minimum absolute atomic E-state index is 0.590. The fraction of sp³-hybridized carbons (Fsp3) is 0.769. The predicted octanol–water partition coefficient (Wildman–Crippen LogP) is -0.237. The van der Waals surface area contributed by atoms with Crippen LogP contribution in [0.4, 0.5) is 0 Å². The van der Waals surface area contributed by atoms with Crippen LogP contribution >= 0.6 is 0 Å². The SMILES string of the molecule is O=CN1CCN(CC#CC2CCNCC2)CC1. The number of nitrogens with zero attached hydrogens (tertiary/aromatic N) is 2. The smallest absolute Gasteiger partial charge is 0.209 e. The summed E-state index contributed by atoms with van der Waals surface area (Å²) in [4.78, 5) is 14.7. The molecule has 4 nitrogen and oxygen atoms in total. The summed E-state index contributed by atoms with van der Waals surface area (Å²) in [5.74, 6) is 7.27. The number of carbonyl (C=O) groups excluding carboxylic acids is 1.